The number of fused-ring (bicyclic) bond motifs is 1. The molecule has 2 aromatic rings. The molecule has 0 amide bonds. The Morgan fingerprint density at radius 2 is 1.91 bits per heavy atom. The van der Waals surface area contributed by atoms with Crippen LogP contribution in [0.5, 0.6) is 17.2 Å². The first-order chi connectivity index (χ1) is 10.8. The molecule has 8 heteroatoms. The van der Waals surface area contributed by atoms with Gasteiger partial charge in [-0.3, -0.25) is 9.35 Å². The molecule has 0 fully saturated rings. The van der Waals surface area contributed by atoms with Crippen LogP contribution >= 0.6 is 0 Å². The smallest absolute Gasteiger partial charge is 0.446 e. The van der Waals surface area contributed by atoms with Crippen molar-refractivity contribution in [1.82, 2.24) is 0 Å². The van der Waals surface area contributed by atoms with Crippen LogP contribution < -0.4 is 8.92 Å². The average molecular weight is 336 g/mol. The van der Waals surface area contributed by atoms with E-state index in [1.54, 1.807) is 24.3 Å². The summed E-state index contributed by atoms with van der Waals surface area (Å²) < 4.78 is 40.3. The van der Waals surface area contributed by atoms with Gasteiger partial charge in [0, 0.05) is 0 Å². The van der Waals surface area contributed by atoms with Gasteiger partial charge in [-0.15, -0.1) is 0 Å². The van der Waals surface area contributed by atoms with E-state index in [2.05, 4.69) is 4.18 Å². The zero-order chi connectivity index (χ0) is 16.6. The Hall–Kier alpha value is -2.58. The maximum absolute atomic E-state index is 12.2. The molecule has 0 aliphatic carbocycles. The Morgan fingerprint density at radius 1 is 1.17 bits per heavy atom. The van der Waals surface area contributed by atoms with Crippen molar-refractivity contribution < 1.29 is 31.8 Å². The van der Waals surface area contributed by atoms with Crippen molar-refractivity contribution in [3.8, 4) is 17.2 Å². The van der Waals surface area contributed by atoms with E-state index in [0.717, 1.165) is 0 Å². The monoisotopic (exact) mass is 336 g/mol. The summed E-state index contributed by atoms with van der Waals surface area (Å²) in [5.41, 5.74) is 0.918. The molecule has 3 rings (SSSR count). The van der Waals surface area contributed by atoms with Crippen LogP contribution in [-0.2, 0) is 10.4 Å². The lowest BCUT2D eigenvalue weighted by Gasteiger charge is -2.25. The molecule has 0 radical (unpaired) electrons. The zero-order valence-electron chi connectivity index (χ0n) is 11.7. The highest BCUT2D eigenvalue weighted by Gasteiger charge is 2.28. The summed E-state index contributed by atoms with van der Waals surface area (Å²) in [6, 6.07) is 10.7. The predicted octanol–water partition coefficient (Wildman–Crippen LogP) is 2.28. The molecule has 1 unspecified atom stereocenters. The quantitative estimate of drug-likeness (QED) is 0.827. The van der Waals surface area contributed by atoms with Gasteiger partial charge in [-0.25, -0.2) is 0 Å². The highest BCUT2D eigenvalue weighted by atomic mass is 32.3. The van der Waals surface area contributed by atoms with Gasteiger partial charge in [0.25, 0.3) is 0 Å². The number of hydrogen-bond donors (Lipinski definition) is 2. The molecule has 1 heterocycles. The van der Waals surface area contributed by atoms with Crippen LogP contribution in [-0.4, -0.2) is 23.9 Å². The molecule has 7 nitrogen and oxygen atoms in total. The third-order valence-corrected chi connectivity index (χ3v) is 3.77. The van der Waals surface area contributed by atoms with E-state index in [9.17, 15) is 18.3 Å². The third kappa shape index (κ3) is 3.27. The predicted molar refractivity (Wildman–Crippen MR) is 79.0 cm³/mol. The number of para-hydroxylation sites is 1. The Bertz CT molecular complexity index is 873. The lowest BCUT2D eigenvalue weighted by atomic mass is 9.96. The molecule has 0 saturated carbocycles. The van der Waals surface area contributed by atoms with Crippen LogP contribution in [0.4, 0.5) is 0 Å². The fourth-order valence-corrected chi connectivity index (χ4v) is 2.73. The highest BCUT2D eigenvalue weighted by Crippen LogP contribution is 2.37. The second-order valence-corrected chi connectivity index (χ2v) is 5.99. The lowest BCUT2D eigenvalue weighted by Crippen LogP contribution is -2.20. The van der Waals surface area contributed by atoms with E-state index >= 15 is 0 Å². The summed E-state index contributed by atoms with van der Waals surface area (Å²) in [6.45, 7) is 0. The molecule has 120 valence electrons. The van der Waals surface area contributed by atoms with Crippen LogP contribution in [0.25, 0.3) is 0 Å². The number of phenols is 1. The van der Waals surface area contributed by atoms with Crippen molar-refractivity contribution in [3.05, 3.63) is 53.6 Å². The number of aromatic hydroxyl groups is 1. The Labute approximate surface area is 132 Å². The van der Waals surface area contributed by atoms with E-state index < -0.39 is 28.0 Å². The average Bonchev–Trinajstić information content (AvgIpc) is 2.48. The van der Waals surface area contributed by atoms with E-state index in [0.29, 0.717) is 16.9 Å². The molecule has 2 N–H and O–H groups in total. The largest absolute Gasteiger partial charge is 0.504 e. The minimum Gasteiger partial charge on any atom is -0.504 e. The summed E-state index contributed by atoms with van der Waals surface area (Å²) in [6.07, 6.45) is -0.589. The maximum atomic E-state index is 12.2. The molecular weight excluding hydrogens is 324 g/mol. The summed E-state index contributed by atoms with van der Waals surface area (Å²) in [5, 5.41) is 9.60. The second kappa shape index (κ2) is 5.56. The SMILES string of the molecule is O=C1CC(c2ccc(O)c(OS(=O)(=O)O)c2)Oc2ccccc21. The molecule has 1 aliphatic heterocycles. The first-order valence-electron chi connectivity index (χ1n) is 6.62. The summed E-state index contributed by atoms with van der Waals surface area (Å²) in [4.78, 5) is 12.2. The van der Waals surface area contributed by atoms with Gasteiger partial charge in [0.1, 0.15) is 11.9 Å². The molecular formula is C15H12O7S. The molecule has 0 saturated heterocycles. The van der Waals surface area contributed by atoms with Crippen molar-refractivity contribution >= 4 is 16.2 Å². The Kier molecular flexibility index (Phi) is 3.70. The second-order valence-electron chi connectivity index (χ2n) is 4.97. The lowest BCUT2D eigenvalue weighted by molar-refractivity contribution is 0.0849. The molecule has 1 atom stereocenters. The van der Waals surface area contributed by atoms with Crippen molar-refractivity contribution in [2.45, 2.75) is 12.5 Å². The standard InChI is InChI=1S/C15H12O7S/c16-11-6-5-9(7-15(11)22-23(18,19)20)14-8-12(17)10-3-1-2-4-13(10)21-14/h1-7,14,16H,8H2,(H,18,19,20). The van der Waals surface area contributed by atoms with Gasteiger partial charge in [-0.05, 0) is 29.8 Å². The fourth-order valence-electron chi connectivity index (χ4n) is 2.37. The van der Waals surface area contributed by atoms with Crippen molar-refractivity contribution in [1.29, 1.82) is 0 Å². The third-order valence-electron chi connectivity index (χ3n) is 3.38. The molecule has 0 bridgehead atoms. The number of ketones is 1. The number of Topliss-reactive ketones (excluding diaryl/α,β-unsaturated/α-hetero) is 1. The van der Waals surface area contributed by atoms with Gasteiger partial charge in [0.05, 0.1) is 12.0 Å². The highest BCUT2D eigenvalue weighted by molar-refractivity contribution is 7.81. The van der Waals surface area contributed by atoms with Gasteiger partial charge in [-0.2, -0.15) is 8.42 Å². The van der Waals surface area contributed by atoms with Crippen molar-refractivity contribution in [2.24, 2.45) is 0 Å². The van der Waals surface area contributed by atoms with Crippen LogP contribution in [0.2, 0.25) is 0 Å². The first kappa shape index (κ1) is 15.3. The Morgan fingerprint density at radius 3 is 2.65 bits per heavy atom. The number of phenolic OH excluding ortho intramolecular Hbond substituents is 1. The van der Waals surface area contributed by atoms with Gasteiger partial charge >= 0.3 is 10.4 Å². The number of hydrogen-bond acceptors (Lipinski definition) is 6. The van der Waals surface area contributed by atoms with Crippen molar-refractivity contribution in [2.75, 3.05) is 0 Å². The Balaban J connectivity index is 1.94. The van der Waals surface area contributed by atoms with Gasteiger partial charge in [0.15, 0.2) is 17.3 Å². The zero-order valence-corrected chi connectivity index (χ0v) is 12.5. The number of benzene rings is 2. The van der Waals surface area contributed by atoms with Gasteiger partial charge in [-0.1, -0.05) is 18.2 Å². The van der Waals surface area contributed by atoms with Crippen molar-refractivity contribution in [3.63, 3.8) is 0 Å². The van der Waals surface area contributed by atoms with Crippen LogP contribution in [0.1, 0.15) is 28.4 Å². The number of carbonyl (C=O) groups excluding carboxylic acids is 1. The van der Waals surface area contributed by atoms with E-state index in [1.165, 1.54) is 18.2 Å². The van der Waals surface area contributed by atoms with Crippen LogP contribution in [0, 0.1) is 0 Å². The first-order valence-corrected chi connectivity index (χ1v) is 7.99. The summed E-state index contributed by atoms with van der Waals surface area (Å²) in [5.74, 6) is -0.588. The molecule has 23 heavy (non-hydrogen) atoms. The van der Waals surface area contributed by atoms with Crippen LogP contribution in [0.3, 0.4) is 0 Å². The van der Waals surface area contributed by atoms with Crippen LogP contribution in [0.15, 0.2) is 42.5 Å². The summed E-state index contributed by atoms with van der Waals surface area (Å²) >= 11 is 0. The molecule has 2 aromatic carbocycles. The minimum absolute atomic E-state index is 0.0626. The van der Waals surface area contributed by atoms with E-state index in [-0.39, 0.29) is 12.2 Å². The number of carbonyl (C=O) groups is 1. The van der Waals surface area contributed by atoms with E-state index in [1.807, 2.05) is 0 Å². The normalized spacial score (nSPS) is 17.3. The summed E-state index contributed by atoms with van der Waals surface area (Å²) in [7, 11) is -4.77. The molecule has 1 aliphatic rings. The number of ether oxygens (including phenoxy) is 1. The fraction of sp³-hybridized carbons (Fsp3) is 0.133. The molecule has 0 aromatic heterocycles. The molecule has 0 spiro atoms. The minimum atomic E-state index is -4.77. The van der Waals surface area contributed by atoms with Gasteiger partial charge in [0.2, 0.25) is 0 Å². The number of rotatable bonds is 3. The van der Waals surface area contributed by atoms with E-state index in [4.69, 9.17) is 9.29 Å². The van der Waals surface area contributed by atoms with Gasteiger partial charge < -0.3 is 14.0 Å². The topological polar surface area (TPSA) is 110 Å². The maximum Gasteiger partial charge on any atom is 0.446 e.